The minimum Gasteiger partial charge on any atom is -0.368 e. The Kier molecular flexibility index (Phi) is 6.30. The molecule has 0 radical (unpaired) electrons. The molecular weight excluding hydrogens is 439 g/mol. The average molecular weight is 465 g/mol. The molecule has 2 heterocycles. The van der Waals surface area contributed by atoms with Crippen LogP contribution in [0.5, 0.6) is 0 Å². The summed E-state index contributed by atoms with van der Waals surface area (Å²) in [6.07, 6.45) is 1.53. The molecule has 0 atom stereocenters. The third-order valence-corrected chi connectivity index (χ3v) is 7.58. The standard InChI is InChI=1S/C20H25FN6O2S2/c1-6-27(5)31(28,29)26-13-9-7-8-12(15(13)21)16-17(14-10-11-23-19(22)24-14)30-18(25-16)20(2,3)4/h7-11,26H,6H2,1-5H3,(H2,22,23,24). The number of rotatable bonds is 6. The summed E-state index contributed by atoms with van der Waals surface area (Å²) in [5.41, 5.74) is 6.37. The Labute approximate surface area is 185 Å². The molecule has 166 valence electrons. The predicted octanol–water partition coefficient (Wildman–Crippen LogP) is 3.89. The number of hydrogen-bond donors (Lipinski definition) is 2. The van der Waals surface area contributed by atoms with E-state index in [-0.39, 0.29) is 29.2 Å². The minimum atomic E-state index is -3.88. The van der Waals surface area contributed by atoms with Crippen LogP contribution in [0.2, 0.25) is 0 Å². The van der Waals surface area contributed by atoms with Gasteiger partial charge < -0.3 is 5.73 Å². The normalized spacial score (nSPS) is 12.4. The monoisotopic (exact) mass is 464 g/mol. The molecular formula is C20H25FN6O2S2. The zero-order valence-corrected chi connectivity index (χ0v) is 19.6. The molecule has 0 aliphatic rings. The van der Waals surface area contributed by atoms with Crippen molar-refractivity contribution in [3.8, 4) is 21.8 Å². The van der Waals surface area contributed by atoms with Crippen LogP contribution in [0.4, 0.5) is 16.0 Å². The fourth-order valence-corrected chi connectivity index (χ4v) is 4.72. The maximum absolute atomic E-state index is 15.5. The summed E-state index contributed by atoms with van der Waals surface area (Å²) < 4.78 is 43.7. The molecule has 2 aromatic heterocycles. The average Bonchev–Trinajstić information content (AvgIpc) is 3.14. The number of nitrogens with one attached hydrogen (secondary N) is 1. The SMILES string of the molecule is CCN(C)S(=O)(=O)Nc1cccc(-c2nc(C(C)(C)C)sc2-c2ccnc(N)n2)c1F. The van der Waals surface area contributed by atoms with E-state index in [2.05, 4.69) is 14.7 Å². The van der Waals surface area contributed by atoms with Gasteiger partial charge in [0.1, 0.15) is 0 Å². The molecule has 3 aromatic rings. The molecule has 0 unspecified atom stereocenters. The first-order valence-corrected chi connectivity index (χ1v) is 11.8. The van der Waals surface area contributed by atoms with E-state index in [0.717, 1.165) is 9.31 Å². The van der Waals surface area contributed by atoms with Crippen molar-refractivity contribution in [3.63, 3.8) is 0 Å². The first kappa shape index (κ1) is 23.0. The number of nitrogens with two attached hydrogens (primary N) is 1. The maximum Gasteiger partial charge on any atom is 0.301 e. The summed E-state index contributed by atoms with van der Waals surface area (Å²) in [7, 11) is -2.47. The summed E-state index contributed by atoms with van der Waals surface area (Å²) in [5.74, 6) is -0.622. The van der Waals surface area contributed by atoms with Gasteiger partial charge >= 0.3 is 10.2 Å². The van der Waals surface area contributed by atoms with Crippen molar-refractivity contribution in [2.75, 3.05) is 24.0 Å². The highest BCUT2D eigenvalue weighted by atomic mass is 32.2. The highest BCUT2D eigenvalue weighted by Gasteiger charge is 2.27. The third-order valence-electron chi connectivity index (χ3n) is 4.52. The topological polar surface area (TPSA) is 114 Å². The van der Waals surface area contributed by atoms with E-state index in [1.165, 1.54) is 30.6 Å². The fourth-order valence-electron chi connectivity index (χ4n) is 2.68. The van der Waals surface area contributed by atoms with E-state index in [4.69, 9.17) is 10.7 Å². The van der Waals surface area contributed by atoms with Crippen LogP contribution in [0.25, 0.3) is 21.8 Å². The molecule has 3 rings (SSSR count). The summed E-state index contributed by atoms with van der Waals surface area (Å²) >= 11 is 1.39. The van der Waals surface area contributed by atoms with Gasteiger partial charge in [-0.3, -0.25) is 4.72 Å². The molecule has 0 aliphatic carbocycles. The van der Waals surface area contributed by atoms with E-state index in [1.807, 2.05) is 20.8 Å². The molecule has 0 amide bonds. The van der Waals surface area contributed by atoms with E-state index in [0.29, 0.717) is 16.3 Å². The highest BCUT2D eigenvalue weighted by molar-refractivity contribution is 7.90. The van der Waals surface area contributed by atoms with Gasteiger partial charge in [-0.2, -0.15) is 12.7 Å². The van der Waals surface area contributed by atoms with E-state index >= 15 is 4.39 Å². The zero-order valence-electron chi connectivity index (χ0n) is 18.0. The van der Waals surface area contributed by atoms with E-state index in [1.54, 1.807) is 25.1 Å². The zero-order chi connectivity index (χ0) is 23.0. The highest BCUT2D eigenvalue weighted by Crippen LogP contribution is 2.41. The second-order valence-corrected chi connectivity index (χ2v) is 10.7. The maximum atomic E-state index is 15.5. The van der Waals surface area contributed by atoms with Crippen LogP contribution in [-0.4, -0.2) is 41.3 Å². The Morgan fingerprint density at radius 2 is 1.94 bits per heavy atom. The molecule has 8 nitrogen and oxygen atoms in total. The number of nitrogens with zero attached hydrogens (tertiary/aromatic N) is 4. The minimum absolute atomic E-state index is 0.0961. The lowest BCUT2D eigenvalue weighted by molar-refractivity contribution is 0.491. The Morgan fingerprint density at radius 3 is 2.55 bits per heavy atom. The van der Waals surface area contributed by atoms with Crippen LogP contribution >= 0.6 is 11.3 Å². The van der Waals surface area contributed by atoms with Crippen molar-refractivity contribution < 1.29 is 12.8 Å². The van der Waals surface area contributed by atoms with Gasteiger partial charge in [-0.15, -0.1) is 11.3 Å². The second-order valence-electron chi connectivity index (χ2n) is 7.94. The Bertz CT molecular complexity index is 1200. The van der Waals surface area contributed by atoms with E-state index in [9.17, 15) is 8.42 Å². The molecule has 31 heavy (non-hydrogen) atoms. The molecule has 11 heteroatoms. The van der Waals surface area contributed by atoms with Gasteiger partial charge in [-0.1, -0.05) is 33.8 Å². The van der Waals surface area contributed by atoms with Crippen molar-refractivity contribution in [2.45, 2.75) is 33.1 Å². The van der Waals surface area contributed by atoms with Crippen LogP contribution in [0.3, 0.4) is 0 Å². The molecule has 3 N–H and O–H groups in total. The number of benzene rings is 1. The van der Waals surface area contributed by atoms with Gasteiger partial charge in [-0.25, -0.2) is 19.3 Å². The van der Waals surface area contributed by atoms with Crippen LogP contribution in [0.1, 0.15) is 32.7 Å². The molecule has 0 aliphatic heterocycles. The Hall–Kier alpha value is -2.63. The Balaban J connectivity index is 2.18. The van der Waals surface area contributed by atoms with Gasteiger partial charge in [0, 0.05) is 30.8 Å². The number of hydrogen-bond acceptors (Lipinski definition) is 7. The van der Waals surface area contributed by atoms with E-state index < -0.39 is 16.0 Å². The van der Waals surface area contributed by atoms with Gasteiger partial charge in [0.2, 0.25) is 5.95 Å². The Morgan fingerprint density at radius 1 is 1.23 bits per heavy atom. The summed E-state index contributed by atoms with van der Waals surface area (Å²) in [4.78, 5) is 13.5. The quantitative estimate of drug-likeness (QED) is 0.572. The molecule has 0 spiro atoms. The molecule has 1 aromatic carbocycles. The summed E-state index contributed by atoms with van der Waals surface area (Å²) in [6, 6.07) is 6.20. The number of thiazole rings is 1. The van der Waals surface area contributed by atoms with Gasteiger partial charge in [0.15, 0.2) is 5.82 Å². The summed E-state index contributed by atoms with van der Waals surface area (Å²) in [5, 5.41) is 0.783. The predicted molar refractivity (Wildman–Crippen MR) is 122 cm³/mol. The van der Waals surface area contributed by atoms with Gasteiger partial charge in [0.05, 0.1) is 27.0 Å². The lowest BCUT2D eigenvalue weighted by Gasteiger charge is -2.17. The van der Waals surface area contributed by atoms with Crippen molar-refractivity contribution >= 4 is 33.2 Å². The number of aromatic nitrogens is 3. The first-order chi connectivity index (χ1) is 14.4. The van der Waals surface area contributed by atoms with Crippen LogP contribution in [0, 0.1) is 5.82 Å². The first-order valence-electron chi connectivity index (χ1n) is 9.57. The van der Waals surface area contributed by atoms with Gasteiger partial charge in [0.25, 0.3) is 0 Å². The molecule has 0 saturated carbocycles. The van der Waals surface area contributed by atoms with Crippen molar-refractivity contribution in [3.05, 3.63) is 41.3 Å². The fraction of sp³-hybridized carbons (Fsp3) is 0.350. The second kappa shape index (κ2) is 8.48. The number of anilines is 2. The van der Waals surface area contributed by atoms with Crippen molar-refractivity contribution in [1.29, 1.82) is 0 Å². The summed E-state index contributed by atoms with van der Waals surface area (Å²) in [6.45, 7) is 7.96. The van der Waals surface area contributed by atoms with Crippen molar-refractivity contribution in [2.24, 2.45) is 0 Å². The lowest BCUT2D eigenvalue weighted by atomic mass is 9.98. The van der Waals surface area contributed by atoms with Crippen LogP contribution < -0.4 is 10.5 Å². The lowest BCUT2D eigenvalue weighted by Crippen LogP contribution is -2.32. The third kappa shape index (κ3) is 4.83. The van der Waals surface area contributed by atoms with Crippen molar-refractivity contribution in [1.82, 2.24) is 19.3 Å². The molecule has 0 fully saturated rings. The molecule has 0 bridgehead atoms. The van der Waals surface area contributed by atoms with Gasteiger partial charge in [-0.05, 0) is 18.2 Å². The number of halogens is 1. The molecule has 0 saturated heterocycles. The van der Waals surface area contributed by atoms with Crippen LogP contribution in [-0.2, 0) is 15.6 Å². The smallest absolute Gasteiger partial charge is 0.301 e. The largest absolute Gasteiger partial charge is 0.368 e. The van der Waals surface area contributed by atoms with Crippen LogP contribution in [0.15, 0.2) is 30.5 Å². The number of nitrogen functional groups attached to an aromatic ring is 1.